The third-order valence-electron chi connectivity index (χ3n) is 2.76. The number of anilines is 1. The summed E-state index contributed by atoms with van der Waals surface area (Å²) in [6.45, 7) is 1.95. The first-order chi connectivity index (χ1) is 9.49. The van der Waals surface area contributed by atoms with Gasteiger partial charge in [-0.1, -0.05) is 15.9 Å². The molecule has 0 aliphatic heterocycles. The minimum Gasteiger partial charge on any atom is -0.457 e. The fourth-order valence-electron chi connectivity index (χ4n) is 1.71. The van der Waals surface area contributed by atoms with Gasteiger partial charge in [-0.05, 0) is 30.7 Å². The summed E-state index contributed by atoms with van der Waals surface area (Å²) in [5, 5.41) is 13.8. The van der Waals surface area contributed by atoms with Gasteiger partial charge in [-0.15, -0.1) is 0 Å². The zero-order valence-electron chi connectivity index (χ0n) is 11.0. The third-order valence-corrected chi connectivity index (χ3v) is 3.65. The van der Waals surface area contributed by atoms with Gasteiger partial charge in [-0.2, -0.15) is 0 Å². The van der Waals surface area contributed by atoms with Gasteiger partial charge >= 0.3 is 0 Å². The Kier molecular flexibility index (Phi) is 4.24. The number of ether oxygens (including phenoxy) is 1. The summed E-state index contributed by atoms with van der Waals surface area (Å²) < 4.78 is 6.67. The predicted molar refractivity (Wildman–Crippen MR) is 81.6 cm³/mol. The van der Waals surface area contributed by atoms with Crippen molar-refractivity contribution in [2.75, 3.05) is 12.4 Å². The Bertz CT molecular complexity index is 659. The molecule has 0 aliphatic rings. The SMILES string of the molecule is CNc1cc(Oc2ccc(Br)c(C)c2)cc([N+](=O)[O-])c1. The van der Waals surface area contributed by atoms with Crippen molar-refractivity contribution in [3.63, 3.8) is 0 Å². The summed E-state index contributed by atoms with van der Waals surface area (Å²) in [7, 11) is 1.70. The number of nitro benzene ring substituents is 1. The van der Waals surface area contributed by atoms with Crippen LogP contribution >= 0.6 is 15.9 Å². The van der Waals surface area contributed by atoms with Crippen molar-refractivity contribution >= 4 is 27.3 Å². The van der Waals surface area contributed by atoms with Crippen molar-refractivity contribution in [1.82, 2.24) is 0 Å². The van der Waals surface area contributed by atoms with Crippen LogP contribution in [-0.4, -0.2) is 12.0 Å². The van der Waals surface area contributed by atoms with Gasteiger partial charge in [0.05, 0.1) is 11.0 Å². The fraction of sp³-hybridized carbons (Fsp3) is 0.143. The molecule has 104 valence electrons. The topological polar surface area (TPSA) is 64.4 Å². The van der Waals surface area contributed by atoms with E-state index in [2.05, 4.69) is 21.2 Å². The van der Waals surface area contributed by atoms with Crippen LogP contribution in [0.5, 0.6) is 11.5 Å². The molecular weight excluding hydrogens is 324 g/mol. The number of aryl methyl sites for hydroxylation is 1. The second kappa shape index (κ2) is 5.92. The quantitative estimate of drug-likeness (QED) is 0.659. The molecule has 2 aromatic rings. The van der Waals surface area contributed by atoms with Gasteiger partial charge in [0.15, 0.2) is 0 Å². The Morgan fingerprint density at radius 3 is 2.55 bits per heavy atom. The standard InChI is InChI=1S/C14H13BrN2O3/c1-9-5-12(3-4-14(9)15)20-13-7-10(16-2)6-11(8-13)17(18)19/h3-8,16H,1-2H3. The fourth-order valence-corrected chi connectivity index (χ4v) is 1.96. The van der Waals surface area contributed by atoms with Crippen molar-refractivity contribution in [3.05, 3.63) is 56.5 Å². The number of hydrogen-bond donors (Lipinski definition) is 1. The highest BCUT2D eigenvalue weighted by Crippen LogP contribution is 2.31. The van der Waals surface area contributed by atoms with E-state index >= 15 is 0 Å². The molecule has 20 heavy (non-hydrogen) atoms. The van der Waals surface area contributed by atoms with Crippen LogP contribution in [0.2, 0.25) is 0 Å². The molecule has 0 fully saturated rings. The molecule has 6 heteroatoms. The largest absolute Gasteiger partial charge is 0.457 e. The van der Waals surface area contributed by atoms with Crippen LogP contribution in [0.4, 0.5) is 11.4 Å². The van der Waals surface area contributed by atoms with Gasteiger partial charge in [0.25, 0.3) is 5.69 Å². The second-order valence-corrected chi connectivity index (χ2v) is 5.09. The Balaban J connectivity index is 2.34. The van der Waals surface area contributed by atoms with Crippen LogP contribution in [0, 0.1) is 17.0 Å². The molecule has 2 aromatic carbocycles. The summed E-state index contributed by atoms with van der Waals surface area (Å²) in [6.07, 6.45) is 0. The van der Waals surface area contributed by atoms with Crippen LogP contribution in [0.3, 0.4) is 0 Å². The average Bonchev–Trinajstić information content (AvgIpc) is 2.42. The number of rotatable bonds is 4. The smallest absolute Gasteiger partial charge is 0.275 e. The van der Waals surface area contributed by atoms with Crippen LogP contribution in [0.15, 0.2) is 40.9 Å². The molecule has 1 N–H and O–H groups in total. The highest BCUT2D eigenvalue weighted by molar-refractivity contribution is 9.10. The molecule has 0 atom stereocenters. The number of nitrogens with zero attached hydrogens (tertiary/aromatic N) is 1. The normalized spacial score (nSPS) is 10.2. The van der Waals surface area contributed by atoms with Gasteiger partial charge < -0.3 is 10.1 Å². The van der Waals surface area contributed by atoms with Gasteiger partial charge in [0.2, 0.25) is 0 Å². The first-order valence-corrected chi connectivity index (χ1v) is 6.70. The second-order valence-electron chi connectivity index (χ2n) is 4.24. The Hall–Kier alpha value is -2.08. The minimum absolute atomic E-state index is 0.0133. The van der Waals surface area contributed by atoms with Gasteiger partial charge in [0.1, 0.15) is 11.5 Å². The maximum Gasteiger partial charge on any atom is 0.275 e. The Morgan fingerprint density at radius 2 is 1.95 bits per heavy atom. The highest BCUT2D eigenvalue weighted by Gasteiger charge is 2.11. The number of benzene rings is 2. The van der Waals surface area contributed by atoms with Crippen molar-refractivity contribution in [1.29, 1.82) is 0 Å². The number of nitro groups is 1. The maximum atomic E-state index is 10.9. The van der Waals surface area contributed by atoms with E-state index in [9.17, 15) is 10.1 Å². The van der Waals surface area contributed by atoms with Crippen molar-refractivity contribution in [2.24, 2.45) is 0 Å². The summed E-state index contributed by atoms with van der Waals surface area (Å²) >= 11 is 3.41. The predicted octanol–water partition coefficient (Wildman–Crippen LogP) is 4.50. The summed E-state index contributed by atoms with van der Waals surface area (Å²) in [5.74, 6) is 1.05. The lowest BCUT2D eigenvalue weighted by molar-refractivity contribution is -0.384. The minimum atomic E-state index is -0.444. The molecule has 0 saturated carbocycles. The molecule has 0 radical (unpaired) electrons. The molecule has 0 unspecified atom stereocenters. The zero-order chi connectivity index (χ0) is 14.7. The van der Waals surface area contributed by atoms with E-state index in [0.717, 1.165) is 10.0 Å². The molecule has 0 amide bonds. The van der Waals surface area contributed by atoms with Crippen molar-refractivity contribution in [3.8, 4) is 11.5 Å². The summed E-state index contributed by atoms with van der Waals surface area (Å²) in [6, 6.07) is 10.1. The van der Waals surface area contributed by atoms with E-state index in [0.29, 0.717) is 17.2 Å². The van der Waals surface area contributed by atoms with E-state index < -0.39 is 4.92 Å². The van der Waals surface area contributed by atoms with E-state index in [4.69, 9.17) is 4.74 Å². The molecular formula is C14H13BrN2O3. The molecule has 0 bridgehead atoms. The first kappa shape index (κ1) is 14.3. The summed E-state index contributed by atoms with van der Waals surface area (Å²) in [5.41, 5.74) is 1.64. The summed E-state index contributed by atoms with van der Waals surface area (Å²) in [4.78, 5) is 10.4. The Labute approximate surface area is 124 Å². The lowest BCUT2D eigenvalue weighted by atomic mass is 10.2. The zero-order valence-corrected chi connectivity index (χ0v) is 12.6. The average molecular weight is 337 g/mol. The first-order valence-electron chi connectivity index (χ1n) is 5.91. The number of hydrogen-bond acceptors (Lipinski definition) is 4. The Morgan fingerprint density at radius 1 is 1.20 bits per heavy atom. The van der Waals surface area contributed by atoms with Crippen LogP contribution in [0.1, 0.15) is 5.56 Å². The maximum absolute atomic E-state index is 10.9. The molecule has 0 saturated heterocycles. The lowest BCUT2D eigenvalue weighted by Gasteiger charge is -2.09. The molecule has 0 heterocycles. The van der Waals surface area contributed by atoms with Crippen LogP contribution in [0.25, 0.3) is 0 Å². The van der Waals surface area contributed by atoms with Crippen molar-refractivity contribution < 1.29 is 9.66 Å². The number of nitrogens with one attached hydrogen (secondary N) is 1. The highest BCUT2D eigenvalue weighted by atomic mass is 79.9. The molecule has 0 aliphatic carbocycles. The molecule has 0 aromatic heterocycles. The molecule has 5 nitrogen and oxygen atoms in total. The van der Waals surface area contributed by atoms with E-state index in [1.165, 1.54) is 12.1 Å². The third kappa shape index (κ3) is 3.27. The monoisotopic (exact) mass is 336 g/mol. The van der Waals surface area contributed by atoms with E-state index in [-0.39, 0.29) is 5.69 Å². The van der Waals surface area contributed by atoms with Crippen molar-refractivity contribution in [2.45, 2.75) is 6.92 Å². The van der Waals surface area contributed by atoms with E-state index in [1.54, 1.807) is 19.2 Å². The van der Waals surface area contributed by atoms with Gasteiger partial charge in [0, 0.05) is 29.3 Å². The molecule has 0 spiro atoms. The van der Waals surface area contributed by atoms with Crippen LogP contribution < -0.4 is 10.1 Å². The lowest BCUT2D eigenvalue weighted by Crippen LogP contribution is -1.94. The molecule has 2 rings (SSSR count). The van der Waals surface area contributed by atoms with Gasteiger partial charge in [-0.25, -0.2) is 0 Å². The number of non-ortho nitro benzene ring substituents is 1. The van der Waals surface area contributed by atoms with Crippen LogP contribution in [-0.2, 0) is 0 Å². The van der Waals surface area contributed by atoms with E-state index in [1.807, 2.05) is 19.1 Å². The number of halogens is 1. The van der Waals surface area contributed by atoms with Gasteiger partial charge in [-0.3, -0.25) is 10.1 Å².